The van der Waals surface area contributed by atoms with Crippen LogP contribution in [0.15, 0.2) is 18.2 Å². The first-order chi connectivity index (χ1) is 9.65. The van der Waals surface area contributed by atoms with Gasteiger partial charge in [-0.25, -0.2) is 4.79 Å². The van der Waals surface area contributed by atoms with Crippen LogP contribution in [0.1, 0.15) is 62.2 Å². The van der Waals surface area contributed by atoms with Gasteiger partial charge in [-0.15, -0.1) is 0 Å². The van der Waals surface area contributed by atoms with Crippen molar-refractivity contribution in [3.8, 4) is 5.75 Å². The van der Waals surface area contributed by atoms with Gasteiger partial charge in [-0.2, -0.15) is 0 Å². The Morgan fingerprint density at radius 1 is 1.15 bits per heavy atom. The molecule has 0 heterocycles. The van der Waals surface area contributed by atoms with E-state index in [1.165, 1.54) is 38.2 Å². The summed E-state index contributed by atoms with van der Waals surface area (Å²) < 4.78 is 5.54. The highest BCUT2D eigenvalue weighted by molar-refractivity contribution is 6.31. The van der Waals surface area contributed by atoms with Crippen LogP contribution >= 0.6 is 11.6 Å². The van der Waals surface area contributed by atoms with Crippen LogP contribution in [-0.4, -0.2) is 17.7 Å². The predicted molar refractivity (Wildman–Crippen MR) is 81.9 cm³/mol. The third-order valence-electron chi connectivity index (χ3n) is 3.18. The molecule has 0 amide bonds. The van der Waals surface area contributed by atoms with E-state index in [-0.39, 0.29) is 5.56 Å². The maximum absolute atomic E-state index is 11.1. The Morgan fingerprint density at radius 3 is 2.45 bits per heavy atom. The summed E-state index contributed by atoms with van der Waals surface area (Å²) in [5, 5.41) is 9.48. The fraction of sp³-hybridized carbons (Fsp3) is 0.562. The number of unbranched alkanes of at least 4 members (excludes halogenated alkanes) is 6. The molecule has 1 rings (SSSR count). The van der Waals surface area contributed by atoms with Crippen molar-refractivity contribution in [2.45, 2.75) is 51.9 Å². The van der Waals surface area contributed by atoms with E-state index in [1.807, 2.05) is 0 Å². The van der Waals surface area contributed by atoms with Gasteiger partial charge in [0.15, 0.2) is 0 Å². The third kappa shape index (κ3) is 6.29. The number of hydrogen-bond acceptors (Lipinski definition) is 2. The lowest BCUT2D eigenvalue weighted by atomic mass is 10.1. The van der Waals surface area contributed by atoms with Crippen molar-refractivity contribution in [1.82, 2.24) is 0 Å². The molecule has 0 radical (unpaired) electrons. The van der Waals surface area contributed by atoms with Gasteiger partial charge in [0.1, 0.15) is 11.3 Å². The minimum atomic E-state index is -1.01. The van der Waals surface area contributed by atoms with Crippen molar-refractivity contribution < 1.29 is 14.6 Å². The summed E-state index contributed by atoms with van der Waals surface area (Å²) in [6, 6.07) is 4.69. The quantitative estimate of drug-likeness (QED) is 0.606. The lowest BCUT2D eigenvalue weighted by Crippen LogP contribution is -2.04. The van der Waals surface area contributed by atoms with Crippen molar-refractivity contribution in [3.63, 3.8) is 0 Å². The van der Waals surface area contributed by atoms with Crippen LogP contribution in [0, 0.1) is 0 Å². The number of ether oxygens (including phenoxy) is 1. The van der Waals surface area contributed by atoms with Crippen LogP contribution in [0.25, 0.3) is 0 Å². The highest BCUT2D eigenvalue weighted by atomic mass is 35.5. The molecule has 0 atom stereocenters. The molecular formula is C16H23ClO3. The molecule has 0 aliphatic rings. The molecule has 0 bridgehead atoms. The molecule has 112 valence electrons. The zero-order valence-electron chi connectivity index (χ0n) is 12.0. The lowest BCUT2D eigenvalue weighted by molar-refractivity contribution is 0.0692. The smallest absolute Gasteiger partial charge is 0.339 e. The van der Waals surface area contributed by atoms with Gasteiger partial charge in [0.25, 0.3) is 0 Å². The van der Waals surface area contributed by atoms with Gasteiger partial charge in [0.2, 0.25) is 0 Å². The highest BCUT2D eigenvalue weighted by Crippen LogP contribution is 2.23. The lowest BCUT2D eigenvalue weighted by Gasteiger charge is -2.09. The average molecular weight is 299 g/mol. The molecule has 1 aromatic rings. The number of rotatable bonds is 10. The van der Waals surface area contributed by atoms with E-state index in [9.17, 15) is 4.79 Å². The SMILES string of the molecule is CCCCCCCCCOc1ccc(Cl)cc1C(=O)O. The molecule has 0 saturated carbocycles. The molecule has 0 unspecified atom stereocenters. The van der Waals surface area contributed by atoms with Gasteiger partial charge >= 0.3 is 5.97 Å². The second-order valence-electron chi connectivity index (χ2n) is 4.92. The van der Waals surface area contributed by atoms with Crippen molar-refractivity contribution in [3.05, 3.63) is 28.8 Å². The fourth-order valence-corrected chi connectivity index (χ4v) is 2.21. The minimum absolute atomic E-state index is 0.125. The molecule has 0 aliphatic carbocycles. The Balaban J connectivity index is 2.27. The standard InChI is InChI=1S/C16H23ClO3/c1-2-3-4-5-6-7-8-11-20-15-10-9-13(17)12-14(15)16(18)19/h9-10,12H,2-8,11H2,1H3,(H,18,19). The number of carboxylic acids is 1. The molecular weight excluding hydrogens is 276 g/mol. The summed E-state index contributed by atoms with van der Waals surface area (Å²) in [7, 11) is 0. The largest absolute Gasteiger partial charge is 0.493 e. The molecule has 4 heteroatoms. The molecule has 1 N–H and O–H groups in total. The Bertz CT molecular complexity index is 418. The Kier molecular flexibility index (Phi) is 8.12. The topological polar surface area (TPSA) is 46.5 Å². The number of aromatic carboxylic acids is 1. The second kappa shape index (κ2) is 9.65. The number of hydrogen-bond donors (Lipinski definition) is 1. The highest BCUT2D eigenvalue weighted by Gasteiger charge is 2.11. The van der Waals surface area contributed by atoms with Gasteiger partial charge in [-0.3, -0.25) is 0 Å². The van der Waals surface area contributed by atoms with Crippen LogP contribution in [-0.2, 0) is 0 Å². The maximum Gasteiger partial charge on any atom is 0.339 e. The van der Waals surface area contributed by atoms with Gasteiger partial charge in [-0.1, -0.05) is 57.0 Å². The summed E-state index contributed by atoms with van der Waals surface area (Å²) in [5.74, 6) is -0.616. The van der Waals surface area contributed by atoms with Gasteiger partial charge in [0, 0.05) is 5.02 Å². The van der Waals surface area contributed by atoms with E-state index in [0.29, 0.717) is 17.4 Å². The summed E-state index contributed by atoms with van der Waals surface area (Å²) in [6.07, 6.45) is 8.44. The van der Waals surface area contributed by atoms with Crippen LogP contribution in [0.2, 0.25) is 5.02 Å². The van der Waals surface area contributed by atoms with Crippen molar-refractivity contribution >= 4 is 17.6 Å². The van der Waals surface area contributed by atoms with Gasteiger partial charge in [-0.05, 0) is 24.6 Å². The minimum Gasteiger partial charge on any atom is -0.493 e. The van der Waals surface area contributed by atoms with Crippen LogP contribution < -0.4 is 4.74 Å². The van der Waals surface area contributed by atoms with Crippen LogP contribution in [0.5, 0.6) is 5.75 Å². The molecule has 0 saturated heterocycles. The number of carbonyl (C=O) groups is 1. The third-order valence-corrected chi connectivity index (χ3v) is 3.41. The van der Waals surface area contributed by atoms with E-state index < -0.39 is 5.97 Å². The normalized spacial score (nSPS) is 10.5. The molecule has 3 nitrogen and oxygen atoms in total. The van der Waals surface area contributed by atoms with Gasteiger partial charge < -0.3 is 9.84 Å². The van der Waals surface area contributed by atoms with E-state index in [0.717, 1.165) is 12.8 Å². The molecule has 0 aliphatic heterocycles. The number of carboxylic acid groups (broad SMARTS) is 1. The molecule has 0 spiro atoms. The zero-order chi connectivity index (χ0) is 14.8. The molecule has 20 heavy (non-hydrogen) atoms. The first-order valence-corrected chi connectivity index (χ1v) is 7.68. The van der Waals surface area contributed by atoms with Crippen LogP contribution in [0.3, 0.4) is 0 Å². The van der Waals surface area contributed by atoms with E-state index in [2.05, 4.69) is 6.92 Å². The van der Waals surface area contributed by atoms with E-state index in [1.54, 1.807) is 12.1 Å². The second-order valence-corrected chi connectivity index (χ2v) is 5.35. The van der Waals surface area contributed by atoms with Crippen LogP contribution in [0.4, 0.5) is 0 Å². The summed E-state index contributed by atoms with van der Waals surface area (Å²) in [4.78, 5) is 11.1. The first-order valence-electron chi connectivity index (χ1n) is 7.30. The van der Waals surface area contributed by atoms with Crippen molar-refractivity contribution in [2.75, 3.05) is 6.61 Å². The van der Waals surface area contributed by atoms with Crippen molar-refractivity contribution in [2.24, 2.45) is 0 Å². The molecule has 0 aromatic heterocycles. The van der Waals surface area contributed by atoms with Crippen molar-refractivity contribution in [1.29, 1.82) is 0 Å². The predicted octanol–water partition coefficient (Wildman–Crippen LogP) is 5.17. The Labute approximate surface area is 125 Å². The maximum atomic E-state index is 11.1. The summed E-state index contributed by atoms with van der Waals surface area (Å²) in [6.45, 7) is 2.76. The molecule has 1 aromatic carbocycles. The first kappa shape index (κ1) is 16.8. The number of benzene rings is 1. The monoisotopic (exact) mass is 298 g/mol. The Hall–Kier alpha value is -1.22. The van der Waals surface area contributed by atoms with E-state index >= 15 is 0 Å². The average Bonchev–Trinajstić information content (AvgIpc) is 2.43. The summed E-state index contributed by atoms with van der Waals surface area (Å²) >= 11 is 5.79. The zero-order valence-corrected chi connectivity index (χ0v) is 12.8. The van der Waals surface area contributed by atoms with Gasteiger partial charge in [0.05, 0.1) is 6.61 Å². The molecule has 0 fully saturated rings. The number of halogens is 1. The fourth-order valence-electron chi connectivity index (χ4n) is 2.04. The van der Waals surface area contributed by atoms with E-state index in [4.69, 9.17) is 21.4 Å². The Morgan fingerprint density at radius 2 is 1.80 bits per heavy atom. The summed E-state index contributed by atoms with van der Waals surface area (Å²) in [5.41, 5.74) is 0.125.